The summed E-state index contributed by atoms with van der Waals surface area (Å²) in [6, 6.07) is 0. The van der Waals surface area contributed by atoms with Crippen molar-refractivity contribution in [2.45, 2.75) is 450 Å². The number of carbonyl (C=O) groups is 3. The molecule has 0 radical (unpaired) electrons. The molecular weight excluding hydrogens is 1600 g/mol. The zero-order chi connectivity index (χ0) is 90.7. The van der Waals surface area contributed by atoms with Crippen molar-refractivity contribution in [3.05, 3.63) is 170 Å². The van der Waals surface area contributed by atoms with E-state index in [0.717, 1.165) is 161 Å². The fourth-order valence-electron chi connectivity index (χ4n) is 13.8. The molecule has 16 nitrogen and oxygen atoms in total. The van der Waals surface area contributed by atoms with Crippen LogP contribution in [-0.2, 0) is 55.8 Å². The summed E-state index contributed by atoms with van der Waals surface area (Å²) in [6.07, 6.45) is 128. The van der Waals surface area contributed by atoms with Crippen molar-refractivity contribution < 1.29 is 75.8 Å². The molecular formula is C107H184O16P2. The Kier molecular flexibility index (Phi) is 94.0. The van der Waals surface area contributed by atoms with Crippen molar-refractivity contribution >= 4 is 33.6 Å². The quantitative estimate of drug-likeness (QED) is 0.0146. The van der Waals surface area contributed by atoms with Gasteiger partial charge >= 0.3 is 33.6 Å². The molecule has 18 heteroatoms. The van der Waals surface area contributed by atoms with Gasteiger partial charge in [0.1, 0.15) is 25.4 Å². The summed E-state index contributed by atoms with van der Waals surface area (Å²) in [6.45, 7) is 2.57. The molecule has 5 unspecified atom stereocenters. The summed E-state index contributed by atoms with van der Waals surface area (Å²) < 4.78 is 61.7. The van der Waals surface area contributed by atoms with Crippen LogP contribution < -0.4 is 0 Å². The second-order valence-corrected chi connectivity index (χ2v) is 36.5. The van der Waals surface area contributed by atoms with Gasteiger partial charge in [-0.1, -0.05) is 422 Å². The van der Waals surface area contributed by atoms with Crippen molar-refractivity contribution in [1.82, 2.24) is 0 Å². The Morgan fingerprint density at radius 3 is 0.672 bits per heavy atom. The smallest absolute Gasteiger partial charge is 0.463 e. The van der Waals surface area contributed by atoms with Gasteiger partial charge in [0.25, 0.3) is 0 Å². The molecule has 0 fully saturated rings. The summed E-state index contributed by atoms with van der Waals surface area (Å²) in [5, 5.41) is 20.8. The van der Waals surface area contributed by atoms with Gasteiger partial charge in [0.2, 0.25) is 0 Å². The second kappa shape index (κ2) is 98.0. The summed E-state index contributed by atoms with van der Waals surface area (Å²) in [5.74, 6) is -1.57. The SMILES string of the molecule is CC/C=C\C/C=C\C/C=C\C/C=C\C/C=C\C/C=C\CCCCCCCCCCCCC(=O)OCC(COP(=O)(O)OCC(O)COP(=O)(O)OCC(O)COC(=O)CCCCCCCCCCCCCCCCCCC/C=C\C/C=C\C/C=C\C/C=C\CCCCC)OC(=O)CCCCCCCCCCCCC/C=C\C/C=C\C/C=C\C/C=C\CCCCC. The number of carbonyl (C=O) groups excluding carboxylic acids is 3. The Labute approximate surface area is 764 Å². The molecule has 0 aromatic rings. The van der Waals surface area contributed by atoms with Crippen LogP contribution in [0.4, 0.5) is 0 Å². The highest BCUT2D eigenvalue weighted by Crippen LogP contribution is 2.45. The van der Waals surface area contributed by atoms with Crippen LogP contribution in [0.2, 0.25) is 0 Å². The third kappa shape index (κ3) is 99.3. The Balaban J connectivity index is 4.62. The molecule has 0 rings (SSSR count). The molecule has 0 aliphatic rings. The van der Waals surface area contributed by atoms with Crippen LogP contribution in [-0.4, -0.2) is 95.9 Å². The fourth-order valence-corrected chi connectivity index (χ4v) is 15.4. The molecule has 4 N–H and O–H groups in total. The number of unbranched alkanes of at least 4 members (excludes halogenated alkanes) is 44. The van der Waals surface area contributed by atoms with Crippen molar-refractivity contribution in [2.24, 2.45) is 0 Å². The lowest BCUT2D eigenvalue weighted by molar-refractivity contribution is -0.161. The van der Waals surface area contributed by atoms with Crippen LogP contribution in [0.3, 0.4) is 0 Å². The normalized spacial score (nSPS) is 14.4. The van der Waals surface area contributed by atoms with Gasteiger partial charge in [0, 0.05) is 19.3 Å². The standard InChI is InChI=1S/C107H184O16P2/c1-4-7-10-13-16-19-22-25-28-31-34-37-40-43-46-48-49-50-51-53-56-57-60-63-66-69-72-75-78-81-84-87-90-93-105(110)117-96-102(108)97-119-124(113,114)120-98-103(109)99-121-125(115,116)122-101-104(123-107(112)95-92-89-86-83-80-77-74-71-68-65-62-59-54-45-42-39-36-33-30-27-24-21-18-15-12-9-6-3)100-118-106(111)94-91-88-85-82-79-76-73-70-67-64-61-58-55-52-47-44-41-38-35-32-29-26-23-20-17-14-11-8-5-2/h8,11,16-21,25-30,34-39,43-47,54-55,58,102-104,108-109H,4-7,9-10,12-15,22-24,31-33,40-42,48-53,56-57,59-101H2,1-3H3,(H,113,114)(H,115,116)/b11-8-,19-16-,20-17-,21-18-,28-25-,29-26-,30-27-,37-34-,38-35-,39-36-,46-43-,47-44-,54-45-,58-55-. The molecule has 0 bridgehead atoms. The molecule has 0 saturated heterocycles. The molecule has 0 amide bonds. The van der Waals surface area contributed by atoms with E-state index in [1.165, 1.54) is 212 Å². The van der Waals surface area contributed by atoms with E-state index in [4.69, 9.17) is 32.3 Å². The number of allylic oxidation sites excluding steroid dienone is 28. The van der Waals surface area contributed by atoms with Crippen LogP contribution in [0.25, 0.3) is 0 Å². The maximum atomic E-state index is 13.1. The van der Waals surface area contributed by atoms with E-state index in [-0.39, 0.29) is 19.3 Å². The van der Waals surface area contributed by atoms with Crippen LogP contribution >= 0.6 is 15.6 Å². The molecule has 0 aromatic heterocycles. The molecule has 0 aliphatic carbocycles. The highest BCUT2D eigenvalue weighted by atomic mass is 31.2. The minimum atomic E-state index is -4.95. The average Bonchev–Trinajstić information content (AvgIpc) is 0.898. The number of rotatable bonds is 95. The van der Waals surface area contributed by atoms with Crippen molar-refractivity contribution in [1.29, 1.82) is 0 Å². The largest absolute Gasteiger partial charge is 0.472 e. The van der Waals surface area contributed by atoms with E-state index in [1.54, 1.807) is 0 Å². The van der Waals surface area contributed by atoms with Gasteiger partial charge in [-0.05, 0) is 161 Å². The lowest BCUT2D eigenvalue weighted by Crippen LogP contribution is -2.30. The minimum absolute atomic E-state index is 0.0958. The van der Waals surface area contributed by atoms with Crippen molar-refractivity contribution in [2.75, 3.05) is 39.6 Å². The van der Waals surface area contributed by atoms with Gasteiger partial charge in [0.05, 0.1) is 26.4 Å². The van der Waals surface area contributed by atoms with Crippen LogP contribution in [0, 0.1) is 0 Å². The Morgan fingerprint density at radius 2 is 0.424 bits per heavy atom. The van der Waals surface area contributed by atoms with E-state index in [1.807, 2.05) is 0 Å². The highest BCUT2D eigenvalue weighted by Gasteiger charge is 2.30. The summed E-state index contributed by atoms with van der Waals surface area (Å²) in [7, 11) is -9.82. The molecule has 5 atom stereocenters. The van der Waals surface area contributed by atoms with Crippen LogP contribution in [0.15, 0.2) is 170 Å². The lowest BCUT2D eigenvalue weighted by Gasteiger charge is -2.21. The first kappa shape index (κ1) is 120. The second-order valence-electron chi connectivity index (χ2n) is 33.5. The Hall–Kier alpha value is -5.09. The number of aliphatic hydroxyl groups excluding tert-OH is 2. The molecule has 0 saturated carbocycles. The van der Waals surface area contributed by atoms with Gasteiger partial charge in [-0.25, -0.2) is 9.13 Å². The van der Waals surface area contributed by atoms with Gasteiger partial charge in [-0.2, -0.15) is 0 Å². The van der Waals surface area contributed by atoms with E-state index >= 15 is 0 Å². The predicted molar refractivity (Wildman–Crippen MR) is 528 cm³/mol. The zero-order valence-electron chi connectivity index (χ0n) is 79.5. The van der Waals surface area contributed by atoms with Crippen LogP contribution in [0.1, 0.15) is 432 Å². The van der Waals surface area contributed by atoms with Gasteiger partial charge in [0.15, 0.2) is 6.10 Å². The maximum Gasteiger partial charge on any atom is 0.472 e. The number of phosphoric acid groups is 2. The molecule has 0 aliphatic heterocycles. The molecule has 718 valence electrons. The van der Waals surface area contributed by atoms with Gasteiger partial charge in [-0.3, -0.25) is 32.5 Å². The third-order valence-corrected chi connectivity index (χ3v) is 23.3. The number of aliphatic hydroxyl groups is 2. The predicted octanol–water partition coefficient (Wildman–Crippen LogP) is 31.8. The van der Waals surface area contributed by atoms with E-state index in [2.05, 4.69) is 191 Å². The average molecular weight is 1790 g/mol. The van der Waals surface area contributed by atoms with E-state index in [0.29, 0.717) is 19.3 Å². The van der Waals surface area contributed by atoms with Crippen LogP contribution in [0.5, 0.6) is 0 Å². The number of esters is 3. The number of ether oxygens (including phenoxy) is 3. The summed E-state index contributed by atoms with van der Waals surface area (Å²) in [5.41, 5.74) is 0. The van der Waals surface area contributed by atoms with E-state index in [9.17, 15) is 43.5 Å². The Bertz CT molecular complexity index is 2950. The number of phosphoric ester groups is 2. The van der Waals surface area contributed by atoms with Crippen molar-refractivity contribution in [3.63, 3.8) is 0 Å². The first-order valence-electron chi connectivity index (χ1n) is 50.4. The maximum absolute atomic E-state index is 13.1. The van der Waals surface area contributed by atoms with E-state index < -0.39 is 91.5 Å². The lowest BCUT2D eigenvalue weighted by atomic mass is 10.0. The van der Waals surface area contributed by atoms with Crippen molar-refractivity contribution in [3.8, 4) is 0 Å². The van der Waals surface area contributed by atoms with Gasteiger partial charge < -0.3 is 34.2 Å². The summed E-state index contributed by atoms with van der Waals surface area (Å²) in [4.78, 5) is 59.2. The number of hydrogen-bond donors (Lipinski definition) is 4. The molecule has 0 aromatic carbocycles. The first-order valence-corrected chi connectivity index (χ1v) is 53.4. The third-order valence-electron chi connectivity index (χ3n) is 21.4. The zero-order valence-corrected chi connectivity index (χ0v) is 81.3. The fraction of sp³-hybridized carbons (Fsp3) is 0.710. The highest BCUT2D eigenvalue weighted by molar-refractivity contribution is 7.47. The first-order chi connectivity index (χ1) is 61.2. The topological polar surface area (TPSA) is 231 Å². The Morgan fingerprint density at radius 1 is 0.232 bits per heavy atom. The van der Waals surface area contributed by atoms with Gasteiger partial charge in [-0.15, -0.1) is 0 Å². The molecule has 125 heavy (non-hydrogen) atoms. The summed E-state index contributed by atoms with van der Waals surface area (Å²) >= 11 is 0. The minimum Gasteiger partial charge on any atom is -0.463 e. The monoisotopic (exact) mass is 1790 g/mol. The number of hydrogen-bond acceptors (Lipinski definition) is 14. The molecule has 0 spiro atoms. The molecule has 0 heterocycles.